The van der Waals surface area contributed by atoms with Crippen LogP contribution in [0.1, 0.15) is 46.2 Å². The molecule has 16 heteroatoms. The maximum Gasteiger partial charge on any atom is 0.416 e. The summed E-state index contributed by atoms with van der Waals surface area (Å²) in [5.41, 5.74) is 1.55. The zero-order valence-corrected chi connectivity index (χ0v) is 30.8. The molecule has 300 valence electrons. The molecule has 4 aromatic rings. The Labute approximate surface area is 331 Å². The van der Waals surface area contributed by atoms with Crippen LogP contribution in [0, 0.1) is 11.3 Å². The molecule has 0 fully saturated rings. The van der Waals surface area contributed by atoms with Crippen LogP contribution in [-0.2, 0) is 60.6 Å². The second-order valence-electron chi connectivity index (χ2n) is 13.7. The van der Waals surface area contributed by atoms with Crippen molar-refractivity contribution in [2.24, 2.45) is 0 Å². The second kappa shape index (κ2) is 19.2. The topological polar surface area (TPSA) is 207 Å². The fraction of sp³-hybridized carbons (Fsp3) is 0.262. The lowest BCUT2D eigenvalue weighted by molar-refractivity contribution is -0.142. The van der Waals surface area contributed by atoms with Crippen LogP contribution in [0.25, 0.3) is 0 Å². The molecule has 6 N–H and O–H groups in total. The molecule has 5 amide bonds. The molecule has 0 radical (unpaired) electrons. The number of carbonyl (C=O) groups excluding carboxylic acids is 5. The molecule has 2 heterocycles. The molecule has 0 spiro atoms. The Balaban J connectivity index is 1.53. The lowest BCUT2D eigenvalue weighted by atomic mass is 9.99. The van der Waals surface area contributed by atoms with Gasteiger partial charge in [-0.15, -0.1) is 0 Å². The summed E-state index contributed by atoms with van der Waals surface area (Å²) in [6.07, 6.45) is -6.05. The second-order valence-corrected chi connectivity index (χ2v) is 13.7. The summed E-state index contributed by atoms with van der Waals surface area (Å²) in [4.78, 5) is 80.6. The molecule has 2 aliphatic heterocycles. The van der Waals surface area contributed by atoms with Gasteiger partial charge in [-0.05, 0) is 58.7 Å². The first kappa shape index (κ1) is 42.1. The Morgan fingerprint density at radius 1 is 0.638 bits per heavy atom. The maximum atomic E-state index is 14.2. The van der Waals surface area contributed by atoms with E-state index in [1.54, 1.807) is 54.6 Å². The number of nitrogens with zero attached hydrogens (tertiary/aromatic N) is 1. The normalized spacial score (nSPS) is 19.9. The van der Waals surface area contributed by atoms with Gasteiger partial charge in [-0.1, -0.05) is 66.7 Å². The van der Waals surface area contributed by atoms with E-state index in [1.807, 2.05) is 6.07 Å². The van der Waals surface area contributed by atoms with Crippen molar-refractivity contribution < 1.29 is 47.0 Å². The highest BCUT2D eigenvalue weighted by atomic mass is 19.4. The van der Waals surface area contributed by atoms with E-state index in [2.05, 4.69) is 26.6 Å². The number of benzene rings is 4. The summed E-state index contributed by atoms with van der Waals surface area (Å²) in [5.74, 6) is -5.27. The van der Waals surface area contributed by atoms with E-state index < -0.39 is 71.4 Å². The molecule has 4 aromatic carbocycles. The predicted octanol–water partition coefficient (Wildman–Crippen LogP) is 3.60. The highest BCUT2D eigenvalue weighted by Gasteiger charge is 2.33. The molecule has 4 unspecified atom stereocenters. The first-order valence-corrected chi connectivity index (χ1v) is 18.2. The van der Waals surface area contributed by atoms with Crippen LogP contribution in [-0.4, -0.2) is 64.8 Å². The van der Waals surface area contributed by atoms with E-state index in [1.165, 1.54) is 24.3 Å². The van der Waals surface area contributed by atoms with Crippen molar-refractivity contribution in [2.45, 2.75) is 68.9 Å². The zero-order chi connectivity index (χ0) is 41.8. The molecule has 6 rings (SSSR count). The standard InChI is InChI=1S/C42H39F3N6O7/c43-42(44,45)30-14-10-27(11-15-30)22-34-39(55)50-33(20-25-4-2-1-3-5-25)40(56)51-35(41(57)58)23-28-12-16-31(17-13-28)47-36(52)18-19-37(53)48-32(38(54)49-34)21-26-6-8-29(24-46)9-7-26/h1-17,32-35H,18-23H2,(H,47,52)(H,48,53)(H,49,54)(H,50,55)(H,51,56)(H,57,58). The van der Waals surface area contributed by atoms with Crippen molar-refractivity contribution in [3.8, 4) is 6.07 Å². The fourth-order valence-corrected chi connectivity index (χ4v) is 6.19. The molecular weight excluding hydrogens is 757 g/mol. The van der Waals surface area contributed by atoms with Crippen molar-refractivity contribution in [1.82, 2.24) is 21.3 Å². The fourth-order valence-electron chi connectivity index (χ4n) is 6.19. The number of alkyl halides is 3. The molecule has 0 aromatic heterocycles. The average Bonchev–Trinajstić information content (AvgIpc) is 3.19. The Morgan fingerprint density at radius 2 is 1.12 bits per heavy atom. The van der Waals surface area contributed by atoms with Gasteiger partial charge in [0, 0.05) is 44.2 Å². The van der Waals surface area contributed by atoms with Gasteiger partial charge < -0.3 is 31.7 Å². The minimum absolute atomic E-state index is 0.114. The number of carboxylic acid groups (broad SMARTS) is 1. The van der Waals surface area contributed by atoms with Gasteiger partial charge in [0.15, 0.2) is 0 Å². The number of carboxylic acids is 1. The van der Waals surface area contributed by atoms with E-state index in [-0.39, 0.29) is 44.1 Å². The van der Waals surface area contributed by atoms with Crippen LogP contribution in [0.15, 0.2) is 103 Å². The Bertz CT molecular complexity index is 2160. The van der Waals surface area contributed by atoms with Crippen molar-refractivity contribution in [3.05, 3.63) is 137 Å². The van der Waals surface area contributed by atoms with Gasteiger partial charge in [-0.25, -0.2) is 4.79 Å². The number of carbonyl (C=O) groups is 6. The Morgan fingerprint density at radius 3 is 1.64 bits per heavy atom. The van der Waals surface area contributed by atoms with Crippen molar-refractivity contribution in [2.75, 3.05) is 5.32 Å². The van der Waals surface area contributed by atoms with Crippen LogP contribution in [0.2, 0.25) is 0 Å². The summed E-state index contributed by atoms with van der Waals surface area (Å²) in [6.45, 7) is 0. The molecule has 2 aliphatic rings. The summed E-state index contributed by atoms with van der Waals surface area (Å²) >= 11 is 0. The number of nitrogens with one attached hydrogen (secondary N) is 5. The number of fused-ring (bicyclic) bond motifs is 18. The smallest absolute Gasteiger partial charge is 0.416 e. The number of halogens is 3. The molecule has 0 saturated heterocycles. The minimum Gasteiger partial charge on any atom is -0.480 e. The molecule has 4 atom stereocenters. The van der Waals surface area contributed by atoms with Gasteiger partial charge in [-0.2, -0.15) is 18.4 Å². The Hall–Kier alpha value is -7.02. The summed E-state index contributed by atoms with van der Waals surface area (Å²) in [7, 11) is 0. The van der Waals surface area contributed by atoms with Crippen molar-refractivity contribution in [3.63, 3.8) is 0 Å². The monoisotopic (exact) mass is 796 g/mol. The number of hydrogen-bond donors (Lipinski definition) is 6. The van der Waals surface area contributed by atoms with Crippen LogP contribution >= 0.6 is 0 Å². The quantitative estimate of drug-likeness (QED) is 0.152. The number of hydrogen-bond acceptors (Lipinski definition) is 7. The molecule has 58 heavy (non-hydrogen) atoms. The first-order chi connectivity index (χ1) is 27.7. The van der Waals surface area contributed by atoms with Crippen LogP contribution < -0.4 is 26.6 Å². The van der Waals surface area contributed by atoms with E-state index >= 15 is 0 Å². The van der Waals surface area contributed by atoms with Crippen molar-refractivity contribution >= 4 is 41.2 Å². The van der Waals surface area contributed by atoms with E-state index in [4.69, 9.17) is 0 Å². The summed E-state index contributed by atoms with van der Waals surface area (Å²) < 4.78 is 40.2. The summed E-state index contributed by atoms with van der Waals surface area (Å²) in [5, 5.41) is 32.3. The van der Waals surface area contributed by atoms with Crippen molar-refractivity contribution in [1.29, 1.82) is 5.26 Å². The number of rotatable bonds is 7. The van der Waals surface area contributed by atoms with Gasteiger partial charge >= 0.3 is 12.1 Å². The van der Waals surface area contributed by atoms with E-state index in [9.17, 15) is 52.3 Å². The highest BCUT2D eigenvalue weighted by Crippen LogP contribution is 2.29. The first-order valence-electron chi connectivity index (χ1n) is 18.2. The van der Waals surface area contributed by atoms with E-state index in [0.717, 1.165) is 24.3 Å². The molecular formula is C42H39F3N6O7. The molecule has 0 aliphatic carbocycles. The summed E-state index contributed by atoms with van der Waals surface area (Å²) in [6, 6.07) is 21.0. The number of aliphatic carboxylic acids is 1. The molecule has 13 nitrogen and oxygen atoms in total. The zero-order valence-electron chi connectivity index (χ0n) is 30.8. The third-order valence-corrected chi connectivity index (χ3v) is 9.32. The number of anilines is 1. The van der Waals surface area contributed by atoms with Gasteiger partial charge in [0.1, 0.15) is 24.2 Å². The van der Waals surface area contributed by atoms with Gasteiger partial charge in [-0.3, -0.25) is 24.0 Å². The van der Waals surface area contributed by atoms with Gasteiger partial charge in [0.2, 0.25) is 29.5 Å². The average molecular weight is 797 g/mol. The van der Waals surface area contributed by atoms with Gasteiger partial charge in [0.25, 0.3) is 0 Å². The van der Waals surface area contributed by atoms with Crippen LogP contribution in [0.4, 0.5) is 18.9 Å². The number of nitriles is 1. The lowest BCUT2D eigenvalue weighted by Crippen LogP contribution is -2.59. The maximum absolute atomic E-state index is 14.2. The third-order valence-electron chi connectivity index (χ3n) is 9.32. The lowest BCUT2D eigenvalue weighted by Gasteiger charge is -2.26. The molecule has 2 bridgehead atoms. The van der Waals surface area contributed by atoms with Gasteiger partial charge in [0.05, 0.1) is 17.2 Å². The third kappa shape index (κ3) is 12.2. The van der Waals surface area contributed by atoms with Crippen LogP contribution in [0.5, 0.6) is 0 Å². The predicted molar refractivity (Wildman–Crippen MR) is 204 cm³/mol. The van der Waals surface area contributed by atoms with E-state index in [0.29, 0.717) is 27.9 Å². The minimum atomic E-state index is -4.64. The highest BCUT2D eigenvalue weighted by molar-refractivity contribution is 5.97. The Kier molecular flexibility index (Phi) is 14.0. The molecule has 0 saturated carbocycles. The SMILES string of the molecule is N#Cc1ccc(CC2NC(=O)CCC(=O)Nc3ccc(cc3)CC(C(=O)O)NC(=O)C(Cc3ccccc3)NC(=O)C(Cc3ccc(C(F)(F)F)cc3)NC2=O)cc1. The number of amides is 5. The largest absolute Gasteiger partial charge is 0.480 e. The van der Waals surface area contributed by atoms with Crippen LogP contribution in [0.3, 0.4) is 0 Å².